The number of aryl methyl sites for hydroxylation is 2. The first-order chi connectivity index (χ1) is 6.60. The minimum Gasteiger partial charge on any atom is -0.237 e. The largest absolute Gasteiger partial charge is 0.237 e. The summed E-state index contributed by atoms with van der Waals surface area (Å²) in [6.07, 6.45) is 0. The topological polar surface area (TPSA) is 49.6 Å². The van der Waals surface area contributed by atoms with E-state index in [1.807, 2.05) is 13.8 Å². The highest BCUT2D eigenvalue weighted by molar-refractivity contribution is 9.10. The van der Waals surface area contributed by atoms with Gasteiger partial charge in [0.2, 0.25) is 0 Å². The molecule has 0 aromatic carbocycles. The fraction of sp³-hybridized carbons (Fsp3) is 0.444. The molecule has 1 rings (SSSR count). The van der Waals surface area contributed by atoms with Gasteiger partial charge in [0.25, 0.3) is 0 Å². The summed E-state index contributed by atoms with van der Waals surface area (Å²) in [5, 5.41) is 9.51. The summed E-state index contributed by atoms with van der Waals surface area (Å²) < 4.78 is 0.828. The maximum atomic E-state index is 8.92. The lowest BCUT2D eigenvalue weighted by Gasteiger charge is -2.09. The van der Waals surface area contributed by atoms with Crippen LogP contribution in [0.3, 0.4) is 0 Å². The third-order valence-electron chi connectivity index (χ3n) is 1.79. The molecule has 1 heterocycles. The Morgan fingerprint density at radius 3 is 2.57 bits per heavy atom. The number of nitrogens with zero attached hydrogens (tertiary/aromatic N) is 3. The predicted octanol–water partition coefficient (Wildman–Crippen LogP) is 2.86. The second kappa shape index (κ2) is 4.85. The molecule has 14 heavy (non-hydrogen) atoms. The van der Waals surface area contributed by atoms with Gasteiger partial charge in [-0.2, -0.15) is 5.26 Å². The third kappa shape index (κ3) is 2.31. The predicted molar refractivity (Wildman–Crippen MR) is 61.4 cm³/mol. The van der Waals surface area contributed by atoms with Crippen LogP contribution in [0.1, 0.15) is 23.1 Å². The molecule has 5 heteroatoms. The highest BCUT2D eigenvalue weighted by atomic mass is 79.9. The second-order valence-electron chi connectivity index (χ2n) is 2.89. The SMILES string of the molecule is Cc1nc(C)c(Br)c(C(C#N)CBr)n1. The Morgan fingerprint density at radius 2 is 2.07 bits per heavy atom. The van der Waals surface area contributed by atoms with E-state index in [2.05, 4.69) is 47.9 Å². The Hall–Kier alpha value is -0.470. The third-order valence-corrected chi connectivity index (χ3v) is 3.42. The molecular formula is C9H9Br2N3. The molecule has 1 atom stereocenters. The van der Waals surface area contributed by atoms with Crippen LogP contribution in [-0.2, 0) is 0 Å². The molecule has 0 bridgehead atoms. The lowest BCUT2D eigenvalue weighted by Crippen LogP contribution is -2.06. The molecule has 0 radical (unpaired) electrons. The molecule has 0 aliphatic rings. The fourth-order valence-electron chi connectivity index (χ4n) is 1.13. The molecule has 0 spiro atoms. The van der Waals surface area contributed by atoms with Crippen LogP contribution in [0, 0.1) is 25.2 Å². The van der Waals surface area contributed by atoms with Gasteiger partial charge in [-0.1, -0.05) is 15.9 Å². The van der Waals surface area contributed by atoms with E-state index in [-0.39, 0.29) is 5.92 Å². The first-order valence-electron chi connectivity index (χ1n) is 4.06. The first kappa shape index (κ1) is 11.6. The molecule has 0 saturated carbocycles. The summed E-state index contributed by atoms with van der Waals surface area (Å²) in [5.74, 6) is 0.465. The minimum absolute atomic E-state index is 0.232. The summed E-state index contributed by atoms with van der Waals surface area (Å²) in [7, 11) is 0. The highest BCUT2D eigenvalue weighted by Gasteiger charge is 2.16. The minimum atomic E-state index is -0.232. The quantitative estimate of drug-likeness (QED) is 0.788. The van der Waals surface area contributed by atoms with Crippen LogP contribution < -0.4 is 0 Å². The van der Waals surface area contributed by atoms with Gasteiger partial charge in [0.15, 0.2) is 0 Å². The highest BCUT2D eigenvalue weighted by Crippen LogP contribution is 2.26. The van der Waals surface area contributed by atoms with E-state index in [9.17, 15) is 0 Å². The zero-order valence-corrected chi connectivity index (χ0v) is 11.1. The fourth-order valence-corrected chi connectivity index (χ4v) is 2.03. The Kier molecular flexibility index (Phi) is 4.02. The molecule has 1 aromatic rings. The van der Waals surface area contributed by atoms with Gasteiger partial charge in [-0.05, 0) is 29.8 Å². The van der Waals surface area contributed by atoms with Crippen molar-refractivity contribution in [3.63, 3.8) is 0 Å². The van der Waals surface area contributed by atoms with E-state index in [4.69, 9.17) is 5.26 Å². The molecule has 0 saturated heterocycles. The monoisotopic (exact) mass is 317 g/mol. The van der Waals surface area contributed by atoms with Gasteiger partial charge in [-0.3, -0.25) is 0 Å². The number of nitriles is 1. The summed E-state index contributed by atoms with van der Waals surface area (Å²) in [4.78, 5) is 8.47. The molecule has 0 aliphatic heterocycles. The average Bonchev–Trinajstić information content (AvgIpc) is 2.15. The van der Waals surface area contributed by atoms with E-state index in [0.29, 0.717) is 11.2 Å². The van der Waals surface area contributed by atoms with E-state index >= 15 is 0 Å². The summed E-state index contributed by atoms with van der Waals surface area (Å²) >= 11 is 6.69. The maximum absolute atomic E-state index is 8.92. The molecule has 0 fully saturated rings. The summed E-state index contributed by atoms with van der Waals surface area (Å²) in [5.41, 5.74) is 1.63. The van der Waals surface area contributed by atoms with Gasteiger partial charge in [-0.25, -0.2) is 9.97 Å². The standard InChI is InChI=1S/C9H9Br2N3/c1-5-8(11)9(7(3-10)4-12)14-6(2)13-5/h7H,3H2,1-2H3. The van der Waals surface area contributed by atoms with Crippen molar-refractivity contribution in [2.45, 2.75) is 19.8 Å². The molecule has 0 amide bonds. The van der Waals surface area contributed by atoms with Crippen molar-refractivity contribution in [3.8, 4) is 6.07 Å². The molecule has 1 unspecified atom stereocenters. The van der Waals surface area contributed by atoms with Crippen molar-refractivity contribution in [1.29, 1.82) is 5.26 Å². The zero-order valence-electron chi connectivity index (χ0n) is 7.88. The van der Waals surface area contributed by atoms with Crippen molar-refractivity contribution >= 4 is 31.9 Å². The Bertz CT molecular complexity index is 384. The summed E-state index contributed by atoms with van der Waals surface area (Å²) in [6.45, 7) is 3.72. The van der Waals surface area contributed by atoms with E-state index in [1.165, 1.54) is 0 Å². The lowest BCUT2D eigenvalue weighted by molar-refractivity contribution is 0.865. The molecule has 74 valence electrons. The van der Waals surface area contributed by atoms with E-state index in [1.54, 1.807) is 0 Å². The van der Waals surface area contributed by atoms with Crippen molar-refractivity contribution in [2.75, 3.05) is 5.33 Å². The average molecular weight is 319 g/mol. The van der Waals surface area contributed by atoms with Gasteiger partial charge in [0.1, 0.15) is 5.82 Å². The van der Waals surface area contributed by atoms with Gasteiger partial charge < -0.3 is 0 Å². The number of rotatable bonds is 2. The van der Waals surface area contributed by atoms with Crippen molar-refractivity contribution in [1.82, 2.24) is 9.97 Å². The molecule has 1 aromatic heterocycles. The van der Waals surface area contributed by atoms with Crippen molar-refractivity contribution < 1.29 is 0 Å². The van der Waals surface area contributed by atoms with Crippen molar-refractivity contribution in [3.05, 3.63) is 21.7 Å². The second-order valence-corrected chi connectivity index (χ2v) is 4.33. The van der Waals surface area contributed by atoms with Crippen LogP contribution in [0.25, 0.3) is 0 Å². The maximum Gasteiger partial charge on any atom is 0.125 e. The molecule has 0 aliphatic carbocycles. The smallest absolute Gasteiger partial charge is 0.125 e. The van der Waals surface area contributed by atoms with Gasteiger partial charge in [0, 0.05) is 5.33 Å². The molecule has 0 N–H and O–H groups in total. The number of hydrogen-bond donors (Lipinski definition) is 0. The van der Waals surface area contributed by atoms with Crippen LogP contribution in [0.2, 0.25) is 0 Å². The number of alkyl halides is 1. The Labute approximate surface area is 99.8 Å². The Balaban J connectivity index is 3.27. The van der Waals surface area contributed by atoms with Crippen LogP contribution in [0.15, 0.2) is 4.47 Å². The van der Waals surface area contributed by atoms with Crippen LogP contribution in [0.4, 0.5) is 0 Å². The van der Waals surface area contributed by atoms with Crippen LogP contribution >= 0.6 is 31.9 Å². The number of hydrogen-bond acceptors (Lipinski definition) is 3. The van der Waals surface area contributed by atoms with Gasteiger partial charge in [-0.15, -0.1) is 0 Å². The normalized spacial score (nSPS) is 12.2. The van der Waals surface area contributed by atoms with E-state index in [0.717, 1.165) is 15.9 Å². The molecular weight excluding hydrogens is 310 g/mol. The molecule has 3 nitrogen and oxygen atoms in total. The van der Waals surface area contributed by atoms with Gasteiger partial charge in [0.05, 0.1) is 27.8 Å². The number of aromatic nitrogens is 2. The van der Waals surface area contributed by atoms with Crippen molar-refractivity contribution in [2.24, 2.45) is 0 Å². The van der Waals surface area contributed by atoms with E-state index < -0.39 is 0 Å². The van der Waals surface area contributed by atoms with Crippen LogP contribution in [-0.4, -0.2) is 15.3 Å². The summed E-state index contributed by atoms with van der Waals surface area (Å²) in [6, 6.07) is 2.20. The number of halogens is 2. The first-order valence-corrected chi connectivity index (χ1v) is 5.97. The zero-order chi connectivity index (χ0) is 10.7. The lowest BCUT2D eigenvalue weighted by atomic mass is 10.1. The van der Waals surface area contributed by atoms with Crippen LogP contribution in [0.5, 0.6) is 0 Å². The van der Waals surface area contributed by atoms with Gasteiger partial charge >= 0.3 is 0 Å². The Morgan fingerprint density at radius 1 is 1.43 bits per heavy atom.